The molecule has 0 saturated heterocycles. The van der Waals surface area contributed by atoms with Gasteiger partial charge >= 0.3 is 5.97 Å². The minimum Gasteiger partial charge on any atom is -0.493 e. The summed E-state index contributed by atoms with van der Waals surface area (Å²) in [5, 5.41) is 11.5. The fourth-order valence-electron chi connectivity index (χ4n) is 1.89. The lowest BCUT2D eigenvalue weighted by molar-refractivity contribution is -0.143. The minimum absolute atomic E-state index is 0.144. The molecule has 116 valence electrons. The predicted octanol–water partition coefficient (Wildman–Crippen LogP) is 2.38. The second-order valence-corrected chi connectivity index (χ2v) is 5.34. The van der Waals surface area contributed by atoms with Gasteiger partial charge < -0.3 is 15.2 Å². The number of nitrogens with one attached hydrogen (secondary N) is 1. The Hall–Kier alpha value is -2.04. The third-order valence-corrected chi connectivity index (χ3v) is 3.15. The van der Waals surface area contributed by atoms with Crippen LogP contribution in [0.3, 0.4) is 0 Å². The summed E-state index contributed by atoms with van der Waals surface area (Å²) in [5.74, 6) is -0.600. The molecule has 1 amide bonds. The molecule has 5 nitrogen and oxygen atoms in total. The molecule has 0 radical (unpaired) electrons. The predicted molar refractivity (Wildman–Crippen MR) is 80.3 cm³/mol. The number of hydrogen-bond acceptors (Lipinski definition) is 3. The summed E-state index contributed by atoms with van der Waals surface area (Å²) in [5.41, 5.74) is 1.05. The quantitative estimate of drug-likeness (QED) is 0.722. The number of aliphatic carboxylic acids is 1. The summed E-state index contributed by atoms with van der Waals surface area (Å²) in [6.45, 7) is 5.92. The first-order valence-electron chi connectivity index (χ1n) is 7.12. The number of hydrogen-bond donors (Lipinski definition) is 2. The third kappa shape index (κ3) is 5.85. The molecule has 5 heteroatoms. The maximum Gasteiger partial charge on any atom is 0.326 e. The molecule has 0 aliphatic heterocycles. The van der Waals surface area contributed by atoms with Gasteiger partial charge in [0.25, 0.3) is 0 Å². The van der Waals surface area contributed by atoms with Crippen molar-refractivity contribution in [3.8, 4) is 5.75 Å². The number of carbonyl (C=O) groups is 2. The Kier molecular flexibility index (Phi) is 6.72. The number of para-hydroxylation sites is 1. The van der Waals surface area contributed by atoms with Crippen molar-refractivity contribution >= 4 is 11.9 Å². The number of carboxylic acids is 1. The zero-order chi connectivity index (χ0) is 15.8. The Morgan fingerprint density at radius 2 is 1.95 bits per heavy atom. The molecule has 1 aromatic rings. The second-order valence-electron chi connectivity index (χ2n) is 5.34. The van der Waals surface area contributed by atoms with Crippen LogP contribution in [-0.4, -0.2) is 29.6 Å². The van der Waals surface area contributed by atoms with Gasteiger partial charge in [-0.25, -0.2) is 4.79 Å². The Bertz CT molecular complexity index is 485. The van der Waals surface area contributed by atoms with Crippen LogP contribution >= 0.6 is 0 Å². The second kappa shape index (κ2) is 8.29. The van der Waals surface area contributed by atoms with Crippen molar-refractivity contribution in [3.63, 3.8) is 0 Å². The van der Waals surface area contributed by atoms with Crippen molar-refractivity contribution in [3.05, 3.63) is 29.8 Å². The van der Waals surface area contributed by atoms with Gasteiger partial charge in [-0.2, -0.15) is 0 Å². The lowest BCUT2D eigenvalue weighted by Gasteiger charge is -2.17. The number of rotatable bonds is 8. The van der Waals surface area contributed by atoms with E-state index in [-0.39, 0.29) is 18.2 Å². The summed E-state index contributed by atoms with van der Waals surface area (Å²) >= 11 is 0. The maximum absolute atomic E-state index is 11.7. The van der Waals surface area contributed by atoms with Crippen LogP contribution in [0.4, 0.5) is 0 Å². The molecule has 0 heterocycles. The average molecular weight is 293 g/mol. The maximum atomic E-state index is 11.7. The first-order chi connectivity index (χ1) is 9.91. The zero-order valence-corrected chi connectivity index (χ0v) is 12.8. The van der Waals surface area contributed by atoms with Crippen molar-refractivity contribution in [1.82, 2.24) is 5.32 Å². The van der Waals surface area contributed by atoms with Crippen molar-refractivity contribution in [2.24, 2.45) is 5.92 Å². The molecule has 1 aromatic carbocycles. The summed E-state index contributed by atoms with van der Waals surface area (Å²) in [4.78, 5) is 22.7. The van der Waals surface area contributed by atoms with Crippen LogP contribution in [0.25, 0.3) is 0 Å². The van der Waals surface area contributed by atoms with Gasteiger partial charge in [-0.05, 0) is 30.9 Å². The van der Waals surface area contributed by atoms with E-state index in [9.17, 15) is 9.59 Å². The highest BCUT2D eigenvalue weighted by Gasteiger charge is 2.22. The van der Waals surface area contributed by atoms with Gasteiger partial charge in [-0.1, -0.05) is 32.0 Å². The summed E-state index contributed by atoms with van der Waals surface area (Å²) in [6.07, 6.45) is 0.799. The van der Waals surface area contributed by atoms with Crippen molar-refractivity contribution < 1.29 is 19.4 Å². The molecule has 0 fully saturated rings. The lowest BCUT2D eigenvalue weighted by Crippen LogP contribution is -2.44. The standard InChI is InChI=1S/C16H23NO4/c1-11(2)15(16(19)20)17-14(18)9-6-10-21-13-8-5-4-7-12(13)3/h4-5,7-8,11,15H,6,9-10H2,1-3H3,(H,17,18)(H,19,20)/t15-/m0/s1. The molecule has 0 saturated carbocycles. The molecule has 0 aromatic heterocycles. The van der Waals surface area contributed by atoms with E-state index in [2.05, 4.69) is 5.32 Å². The van der Waals surface area contributed by atoms with E-state index in [0.717, 1.165) is 11.3 Å². The van der Waals surface area contributed by atoms with Gasteiger partial charge in [-0.3, -0.25) is 4.79 Å². The minimum atomic E-state index is -1.01. The van der Waals surface area contributed by atoms with Crippen LogP contribution in [-0.2, 0) is 9.59 Å². The van der Waals surface area contributed by atoms with E-state index in [1.165, 1.54) is 0 Å². The number of carbonyl (C=O) groups excluding carboxylic acids is 1. The average Bonchev–Trinajstić information content (AvgIpc) is 2.42. The van der Waals surface area contributed by atoms with E-state index in [1.54, 1.807) is 13.8 Å². The molecule has 0 aliphatic rings. The smallest absolute Gasteiger partial charge is 0.326 e. The topological polar surface area (TPSA) is 75.6 Å². The van der Waals surface area contributed by atoms with Crippen LogP contribution in [0.1, 0.15) is 32.3 Å². The summed E-state index contributed by atoms with van der Waals surface area (Å²) in [6, 6.07) is 6.84. The summed E-state index contributed by atoms with van der Waals surface area (Å²) < 4.78 is 5.59. The molecular formula is C16H23NO4. The van der Waals surface area contributed by atoms with Gasteiger partial charge in [-0.15, -0.1) is 0 Å². The number of ether oxygens (including phenoxy) is 1. The van der Waals surface area contributed by atoms with Gasteiger partial charge in [0, 0.05) is 6.42 Å². The molecule has 2 N–H and O–H groups in total. The molecular weight excluding hydrogens is 270 g/mol. The Morgan fingerprint density at radius 3 is 2.52 bits per heavy atom. The Morgan fingerprint density at radius 1 is 1.29 bits per heavy atom. The van der Waals surface area contributed by atoms with E-state index in [0.29, 0.717) is 13.0 Å². The first kappa shape index (κ1) is 17.0. The largest absolute Gasteiger partial charge is 0.493 e. The normalized spacial score (nSPS) is 12.0. The van der Waals surface area contributed by atoms with Crippen LogP contribution in [0.15, 0.2) is 24.3 Å². The Balaban J connectivity index is 2.31. The highest BCUT2D eigenvalue weighted by atomic mass is 16.5. The highest BCUT2D eigenvalue weighted by molar-refractivity contribution is 5.83. The molecule has 0 bridgehead atoms. The van der Waals surface area contributed by atoms with Gasteiger partial charge in [0.05, 0.1) is 6.61 Å². The number of amides is 1. The Labute approximate surface area is 125 Å². The lowest BCUT2D eigenvalue weighted by atomic mass is 10.0. The fourth-order valence-corrected chi connectivity index (χ4v) is 1.89. The molecule has 1 atom stereocenters. The van der Waals surface area contributed by atoms with Gasteiger partial charge in [0.15, 0.2) is 0 Å². The van der Waals surface area contributed by atoms with E-state index in [1.807, 2.05) is 31.2 Å². The zero-order valence-electron chi connectivity index (χ0n) is 12.8. The van der Waals surface area contributed by atoms with Crippen molar-refractivity contribution in [1.29, 1.82) is 0 Å². The van der Waals surface area contributed by atoms with Gasteiger partial charge in [0.1, 0.15) is 11.8 Å². The monoisotopic (exact) mass is 293 g/mol. The van der Waals surface area contributed by atoms with Crippen molar-refractivity contribution in [2.75, 3.05) is 6.61 Å². The van der Waals surface area contributed by atoms with Crippen LogP contribution < -0.4 is 10.1 Å². The molecule has 21 heavy (non-hydrogen) atoms. The number of aryl methyl sites for hydroxylation is 1. The van der Waals surface area contributed by atoms with E-state index in [4.69, 9.17) is 9.84 Å². The van der Waals surface area contributed by atoms with Crippen molar-refractivity contribution in [2.45, 2.75) is 39.7 Å². The highest BCUT2D eigenvalue weighted by Crippen LogP contribution is 2.16. The molecule has 0 unspecified atom stereocenters. The fraction of sp³-hybridized carbons (Fsp3) is 0.500. The van der Waals surface area contributed by atoms with E-state index < -0.39 is 12.0 Å². The molecule has 1 rings (SSSR count). The summed E-state index contributed by atoms with van der Waals surface area (Å²) in [7, 11) is 0. The van der Waals surface area contributed by atoms with E-state index >= 15 is 0 Å². The SMILES string of the molecule is Cc1ccccc1OCCCC(=O)N[C@H](C(=O)O)C(C)C. The molecule has 0 aliphatic carbocycles. The van der Waals surface area contributed by atoms with Crippen LogP contribution in [0.5, 0.6) is 5.75 Å². The van der Waals surface area contributed by atoms with Crippen LogP contribution in [0, 0.1) is 12.8 Å². The number of carboxylic acid groups (broad SMARTS) is 1. The third-order valence-electron chi connectivity index (χ3n) is 3.15. The first-order valence-corrected chi connectivity index (χ1v) is 7.12. The number of benzene rings is 1. The van der Waals surface area contributed by atoms with Crippen LogP contribution in [0.2, 0.25) is 0 Å². The van der Waals surface area contributed by atoms with Gasteiger partial charge in [0.2, 0.25) is 5.91 Å². The molecule has 0 spiro atoms.